The monoisotopic (exact) mass is 480 g/mol. The van der Waals surface area contributed by atoms with Crippen LogP contribution in [0.25, 0.3) is 0 Å². The molecule has 7 nitrogen and oxygen atoms in total. The molecule has 2 rings (SSSR count). The van der Waals surface area contributed by atoms with E-state index < -0.39 is 34.3 Å². The van der Waals surface area contributed by atoms with Gasteiger partial charge < -0.3 is 9.64 Å². The van der Waals surface area contributed by atoms with Crippen molar-refractivity contribution in [3.8, 4) is 0 Å². The summed E-state index contributed by atoms with van der Waals surface area (Å²) in [5.41, 5.74) is 0.00708. The minimum Gasteiger partial charge on any atom is -0.452 e. The Hall–Kier alpha value is -3.17. The molecule has 2 aromatic carbocycles. The Morgan fingerprint density at radius 1 is 1.09 bits per heavy atom. The molecule has 0 aliphatic carbocycles. The first-order chi connectivity index (χ1) is 15.1. The minimum atomic E-state index is -4.09. The first-order valence-electron chi connectivity index (χ1n) is 9.32. The molecule has 0 aliphatic heterocycles. The third-order valence-electron chi connectivity index (χ3n) is 4.38. The first kappa shape index (κ1) is 25.1. The van der Waals surface area contributed by atoms with E-state index in [0.29, 0.717) is 0 Å². The fraction of sp³-hybridized carbons (Fsp3) is 0.182. The number of anilines is 1. The van der Waals surface area contributed by atoms with Crippen molar-refractivity contribution in [1.29, 1.82) is 0 Å². The van der Waals surface area contributed by atoms with E-state index in [9.17, 15) is 22.4 Å². The highest BCUT2D eigenvalue weighted by Gasteiger charge is 2.25. The van der Waals surface area contributed by atoms with Crippen molar-refractivity contribution < 1.29 is 27.1 Å². The van der Waals surface area contributed by atoms with Crippen molar-refractivity contribution in [2.45, 2.75) is 4.90 Å². The normalized spacial score (nSPS) is 10.8. The molecule has 0 N–H and O–H groups in total. The molecule has 0 atom stereocenters. The number of carbonyl (C=O) groups excluding carboxylic acids is 2. The Morgan fingerprint density at radius 2 is 1.69 bits per heavy atom. The molecule has 2 aromatic rings. The molecule has 0 aliphatic rings. The van der Waals surface area contributed by atoms with Gasteiger partial charge in [0.05, 0.1) is 21.2 Å². The minimum absolute atomic E-state index is 0.0418. The predicted molar refractivity (Wildman–Crippen MR) is 121 cm³/mol. The molecule has 32 heavy (non-hydrogen) atoms. The lowest BCUT2D eigenvalue weighted by molar-refractivity contribution is -0.133. The van der Waals surface area contributed by atoms with Crippen LogP contribution in [0.2, 0.25) is 5.02 Å². The van der Waals surface area contributed by atoms with Gasteiger partial charge in [0, 0.05) is 20.1 Å². The Balaban J connectivity index is 2.23. The summed E-state index contributed by atoms with van der Waals surface area (Å²) in [7, 11) is -2.80. The van der Waals surface area contributed by atoms with Gasteiger partial charge in [-0.05, 0) is 42.5 Å². The number of nitrogens with zero attached hydrogens (tertiary/aromatic N) is 2. The van der Waals surface area contributed by atoms with E-state index in [1.165, 1.54) is 48.4 Å². The molecule has 0 saturated heterocycles. The summed E-state index contributed by atoms with van der Waals surface area (Å²) in [6.45, 7) is 7.04. The standard InChI is InChI=1S/C22H22ClFN2O5S/c1-4-12-26(13-5-2)21(27)15-31-22(28)19-14-18(10-11-20(19)23)32(29,30)25(3)17-8-6-16(24)7-9-17/h4-11,14H,1-2,12-13,15H2,3H3. The maximum Gasteiger partial charge on any atom is 0.340 e. The van der Waals surface area contributed by atoms with Crippen LogP contribution in [-0.2, 0) is 19.6 Å². The molecule has 10 heteroatoms. The molecule has 1 amide bonds. The fourth-order valence-electron chi connectivity index (χ4n) is 2.66. The smallest absolute Gasteiger partial charge is 0.340 e. The molecule has 0 aromatic heterocycles. The van der Waals surface area contributed by atoms with Crippen molar-refractivity contribution in [3.05, 3.63) is 84.2 Å². The molecule has 0 fully saturated rings. The van der Waals surface area contributed by atoms with Crippen molar-refractivity contribution in [3.63, 3.8) is 0 Å². The van der Waals surface area contributed by atoms with Crippen molar-refractivity contribution in [1.82, 2.24) is 4.90 Å². The van der Waals surface area contributed by atoms with E-state index in [1.54, 1.807) is 0 Å². The number of halogens is 2. The van der Waals surface area contributed by atoms with Crippen LogP contribution in [0.15, 0.2) is 72.7 Å². The van der Waals surface area contributed by atoms with Gasteiger partial charge in [0.25, 0.3) is 15.9 Å². The number of esters is 1. The van der Waals surface area contributed by atoms with E-state index in [2.05, 4.69) is 13.2 Å². The molecule has 0 spiro atoms. The fourth-order valence-corrected chi connectivity index (χ4v) is 4.07. The van der Waals surface area contributed by atoms with Gasteiger partial charge >= 0.3 is 5.97 Å². The second-order valence-electron chi connectivity index (χ2n) is 6.54. The highest BCUT2D eigenvalue weighted by Crippen LogP contribution is 2.26. The second kappa shape index (κ2) is 10.9. The number of benzene rings is 2. The maximum absolute atomic E-state index is 13.2. The summed E-state index contributed by atoms with van der Waals surface area (Å²) in [6.07, 6.45) is 3.04. The number of rotatable bonds is 10. The topological polar surface area (TPSA) is 84.0 Å². The van der Waals surface area contributed by atoms with Crippen molar-refractivity contribution >= 4 is 39.2 Å². The molecule has 0 saturated carbocycles. The number of ether oxygens (including phenoxy) is 1. The molecular formula is C22H22ClFN2O5S. The number of hydrogen-bond donors (Lipinski definition) is 0. The summed E-state index contributed by atoms with van der Waals surface area (Å²) < 4.78 is 45.0. The Kier molecular flexibility index (Phi) is 8.56. The third kappa shape index (κ3) is 5.95. The van der Waals surface area contributed by atoms with Crippen LogP contribution in [0.3, 0.4) is 0 Å². The summed E-state index contributed by atoms with van der Waals surface area (Å²) in [5, 5.41) is -0.0418. The third-order valence-corrected chi connectivity index (χ3v) is 6.50. The Bertz CT molecular complexity index is 1110. The van der Waals surface area contributed by atoms with Crippen LogP contribution < -0.4 is 4.31 Å². The summed E-state index contributed by atoms with van der Waals surface area (Å²) in [6, 6.07) is 8.41. The molecule has 0 unspecified atom stereocenters. The van der Waals surface area contributed by atoms with Crippen LogP contribution in [-0.4, -0.2) is 51.9 Å². The molecular weight excluding hydrogens is 459 g/mol. The van der Waals surface area contributed by atoms with Crippen LogP contribution in [0, 0.1) is 5.82 Å². The van der Waals surface area contributed by atoms with Gasteiger partial charge in [0.1, 0.15) is 5.82 Å². The zero-order chi connectivity index (χ0) is 23.9. The number of carbonyl (C=O) groups is 2. The van der Waals surface area contributed by atoms with E-state index >= 15 is 0 Å². The number of amides is 1. The van der Waals surface area contributed by atoms with Crippen LogP contribution in [0.1, 0.15) is 10.4 Å². The van der Waals surface area contributed by atoms with Gasteiger partial charge in [-0.1, -0.05) is 23.8 Å². The maximum atomic E-state index is 13.2. The van der Waals surface area contributed by atoms with Gasteiger partial charge in [0.15, 0.2) is 6.61 Å². The summed E-state index contributed by atoms with van der Waals surface area (Å²) >= 11 is 6.06. The van der Waals surface area contributed by atoms with Crippen molar-refractivity contribution in [2.75, 3.05) is 31.0 Å². The lowest BCUT2D eigenvalue weighted by Crippen LogP contribution is -2.35. The average Bonchev–Trinajstić information content (AvgIpc) is 2.77. The Morgan fingerprint density at radius 3 is 2.25 bits per heavy atom. The van der Waals surface area contributed by atoms with E-state index in [0.717, 1.165) is 22.5 Å². The Labute approximate surface area is 191 Å². The van der Waals surface area contributed by atoms with Crippen molar-refractivity contribution in [2.24, 2.45) is 0 Å². The largest absolute Gasteiger partial charge is 0.452 e. The lowest BCUT2D eigenvalue weighted by Gasteiger charge is -2.20. The second-order valence-corrected chi connectivity index (χ2v) is 8.92. The van der Waals surface area contributed by atoms with Crippen LogP contribution in [0.5, 0.6) is 0 Å². The van der Waals surface area contributed by atoms with Gasteiger partial charge in [-0.2, -0.15) is 0 Å². The van der Waals surface area contributed by atoms with Crippen LogP contribution in [0.4, 0.5) is 10.1 Å². The van der Waals surface area contributed by atoms with Gasteiger partial charge in [-0.3, -0.25) is 9.10 Å². The van der Waals surface area contributed by atoms with Crippen LogP contribution >= 0.6 is 11.6 Å². The number of hydrogen-bond acceptors (Lipinski definition) is 5. The lowest BCUT2D eigenvalue weighted by atomic mass is 10.2. The van der Waals surface area contributed by atoms with Gasteiger partial charge in [0.2, 0.25) is 0 Å². The summed E-state index contributed by atoms with van der Waals surface area (Å²) in [4.78, 5) is 25.9. The zero-order valence-corrected chi connectivity index (χ0v) is 18.9. The highest BCUT2D eigenvalue weighted by molar-refractivity contribution is 7.92. The predicted octanol–water partition coefficient (Wildman–Crippen LogP) is 3.66. The average molecular weight is 481 g/mol. The molecule has 170 valence electrons. The number of sulfonamides is 1. The quantitative estimate of drug-likeness (QED) is 0.383. The highest BCUT2D eigenvalue weighted by atomic mass is 35.5. The zero-order valence-electron chi connectivity index (χ0n) is 17.3. The van der Waals surface area contributed by atoms with Gasteiger partial charge in [-0.25, -0.2) is 17.6 Å². The SMILES string of the molecule is C=CCN(CC=C)C(=O)COC(=O)c1cc(S(=O)(=O)N(C)c2ccc(F)cc2)ccc1Cl. The first-order valence-corrected chi connectivity index (χ1v) is 11.1. The van der Waals surface area contributed by atoms with E-state index in [-0.39, 0.29) is 34.3 Å². The summed E-state index contributed by atoms with van der Waals surface area (Å²) in [5.74, 6) is -1.94. The molecule has 0 heterocycles. The van der Waals surface area contributed by atoms with Gasteiger partial charge in [-0.15, -0.1) is 13.2 Å². The molecule has 0 radical (unpaired) electrons. The van der Waals surface area contributed by atoms with E-state index in [1.807, 2.05) is 0 Å². The molecule has 0 bridgehead atoms. The van der Waals surface area contributed by atoms with E-state index in [4.69, 9.17) is 16.3 Å².